The molecule has 1 atom stereocenters. The molecule has 22 heavy (non-hydrogen) atoms. The van der Waals surface area contributed by atoms with Gasteiger partial charge in [0, 0.05) is 6.61 Å². The van der Waals surface area contributed by atoms with Crippen LogP contribution in [0.5, 0.6) is 0 Å². The zero-order valence-corrected chi connectivity index (χ0v) is 15.1. The molecule has 0 aromatic carbocycles. The summed E-state index contributed by atoms with van der Waals surface area (Å²) in [4.78, 5) is 0. The Balaban J connectivity index is 3.05. The van der Waals surface area contributed by atoms with Crippen molar-refractivity contribution in [3.63, 3.8) is 0 Å². The molecule has 0 spiro atoms. The maximum atomic E-state index is 13.5. The fourth-order valence-electron chi connectivity index (χ4n) is 3.01. The number of unbranched alkanes of at least 4 members (excludes halogenated alkanes) is 13. The summed E-state index contributed by atoms with van der Waals surface area (Å²) in [5, 5.41) is 8.66. The first-order chi connectivity index (χ1) is 10.8. The van der Waals surface area contributed by atoms with E-state index in [-0.39, 0.29) is 6.61 Å². The van der Waals surface area contributed by atoms with Crippen LogP contribution in [0.3, 0.4) is 0 Å². The summed E-state index contributed by atoms with van der Waals surface area (Å²) in [5.41, 5.74) is 0. The highest BCUT2D eigenvalue weighted by molar-refractivity contribution is 4.57. The van der Waals surface area contributed by atoms with Crippen molar-refractivity contribution in [1.82, 2.24) is 0 Å². The lowest BCUT2D eigenvalue weighted by Gasteiger charge is -2.07. The quantitative estimate of drug-likeness (QED) is 0.271. The van der Waals surface area contributed by atoms with Gasteiger partial charge in [-0.1, -0.05) is 90.4 Å². The van der Waals surface area contributed by atoms with E-state index in [4.69, 9.17) is 5.11 Å². The van der Waals surface area contributed by atoms with Gasteiger partial charge < -0.3 is 5.11 Å². The van der Waals surface area contributed by atoms with E-state index in [9.17, 15) is 4.39 Å². The van der Waals surface area contributed by atoms with E-state index in [0.29, 0.717) is 6.42 Å². The molecule has 1 nitrogen and oxygen atoms in total. The van der Waals surface area contributed by atoms with E-state index >= 15 is 0 Å². The van der Waals surface area contributed by atoms with Crippen LogP contribution in [0.1, 0.15) is 116 Å². The van der Waals surface area contributed by atoms with Gasteiger partial charge in [0.1, 0.15) is 6.17 Å². The number of hydrogen-bond acceptors (Lipinski definition) is 1. The van der Waals surface area contributed by atoms with Gasteiger partial charge in [0.25, 0.3) is 0 Å². The minimum absolute atomic E-state index is 0.200. The summed E-state index contributed by atoms with van der Waals surface area (Å²) in [6, 6.07) is 0. The Hall–Kier alpha value is -0.110. The molecule has 0 unspecified atom stereocenters. The van der Waals surface area contributed by atoms with Gasteiger partial charge in [-0.2, -0.15) is 0 Å². The van der Waals surface area contributed by atoms with Gasteiger partial charge in [0.05, 0.1) is 0 Å². The minimum Gasteiger partial charge on any atom is -0.396 e. The van der Waals surface area contributed by atoms with Crippen LogP contribution in [0.25, 0.3) is 0 Å². The number of halogens is 1. The molecule has 134 valence electrons. The Morgan fingerprint density at radius 3 is 1.36 bits per heavy atom. The second kappa shape index (κ2) is 18.9. The van der Waals surface area contributed by atoms with Crippen molar-refractivity contribution in [3.05, 3.63) is 0 Å². The van der Waals surface area contributed by atoms with E-state index in [0.717, 1.165) is 25.7 Å². The Morgan fingerprint density at radius 2 is 0.955 bits per heavy atom. The number of aliphatic hydroxyl groups is 1. The third kappa shape index (κ3) is 17.9. The molecular formula is C20H41FO. The summed E-state index contributed by atoms with van der Waals surface area (Å²) < 4.78 is 13.5. The van der Waals surface area contributed by atoms with Gasteiger partial charge in [0.15, 0.2) is 0 Å². The first kappa shape index (κ1) is 21.9. The molecule has 0 aliphatic rings. The molecule has 0 amide bonds. The molecule has 0 rings (SSSR count). The standard InChI is InChI=1S/C20H41FO/c1-2-3-4-5-6-7-8-9-10-11-12-13-14-17-20(21)18-15-16-19-22/h20,22H,2-19H2,1H3/t20-/m1/s1. The predicted octanol–water partition coefficient (Wildman–Crippen LogP) is 6.97. The fraction of sp³-hybridized carbons (Fsp3) is 1.00. The molecule has 0 bridgehead atoms. The van der Waals surface area contributed by atoms with Gasteiger partial charge in [-0.25, -0.2) is 4.39 Å². The highest BCUT2D eigenvalue weighted by atomic mass is 19.1. The largest absolute Gasteiger partial charge is 0.396 e. The van der Waals surface area contributed by atoms with Crippen molar-refractivity contribution in [2.24, 2.45) is 0 Å². The Labute approximate surface area is 139 Å². The van der Waals surface area contributed by atoms with E-state index in [1.54, 1.807) is 0 Å². The summed E-state index contributed by atoms with van der Waals surface area (Å²) in [5.74, 6) is 0. The van der Waals surface area contributed by atoms with E-state index in [1.807, 2.05) is 0 Å². The van der Waals surface area contributed by atoms with Crippen molar-refractivity contribution < 1.29 is 9.50 Å². The number of rotatable bonds is 18. The summed E-state index contributed by atoms with van der Waals surface area (Å²) in [6.07, 6.45) is 19.7. The smallest absolute Gasteiger partial charge is 0.100 e. The Morgan fingerprint density at radius 1 is 0.591 bits per heavy atom. The Bertz CT molecular complexity index is 196. The average Bonchev–Trinajstić information content (AvgIpc) is 2.52. The summed E-state index contributed by atoms with van der Waals surface area (Å²) in [6.45, 7) is 2.47. The lowest BCUT2D eigenvalue weighted by atomic mass is 10.0. The average molecular weight is 317 g/mol. The topological polar surface area (TPSA) is 20.2 Å². The normalized spacial score (nSPS) is 12.7. The van der Waals surface area contributed by atoms with Gasteiger partial charge >= 0.3 is 0 Å². The maximum absolute atomic E-state index is 13.5. The maximum Gasteiger partial charge on any atom is 0.100 e. The lowest BCUT2D eigenvalue weighted by molar-refractivity contribution is 0.251. The molecular weight excluding hydrogens is 275 g/mol. The molecule has 0 fully saturated rings. The van der Waals surface area contributed by atoms with Gasteiger partial charge in [-0.3, -0.25) is 0 Å². The zero-order chi connectivity index (χ0) is 16.3. The monoisotopic (exact) mass is 316 g/mol. The third-order valence-electron chi connectivity index (χ3n) is 4.55. The number of alkyl halides is 1. The van der Waals surface area contributed by atoms with E-state index < -0.39 is 6.17 Å². The van der Waals surface area contributed by atoms with Crippen molar-refractivity contribution in [2.75, 3.05) is 6.61 Å². The number of aliphatic hydroxyl groups excluding tert-OH is 1. The fourth-order valence-corrected chi connectivity index (χ4v) is 3.01. The molecule has 0 heterocycles. The van der Waals surface area contributed by atoms with E-state index in [2.05, 4.69) is 6.92 Å². The van der Waals surface area contributed by atoms with Crippen molar-refractivity contribution in [1.29, 1.82) is 0 Å². The van der Waals surface area contributed by atoms with Crippen LogP contribution in [-0.4, -0.2) is 17.9 Å². The van der Waals surface area contributed by atoms with Crippen LogP contribution in [-0.2, 0) is 0 Å². The van der Waals surface area contributed by atoms with Crippen molar-refractivity contribution >= 4 is 0 Å². The minimum atomic E-state index is -0.640. The molecule has 0 saturated heterocycles. The Kier molecular flexibility index (Phi) is 18.8. The lowest BCUT2D eigenvalue weighted by Crippen LogP contribution is -2.00. The molecule has 0 aromatic rings. The van der Waals surface area contributed by atoms with Crippen LogP contribution >= 0.6 is 0 Å². The van der Waals surface area contributed by atoms with Crippen LogP contribution in [0, 0.1) is 0 Å². The number of hydrogen-bond donors (Lipinski definition) is 1. The van der Waals surface area contributed by atoms with Crippen molar-refractivity contribution in [2.45, 2.75) is 122 Å². The molecule has 0 radical (unpaired) electrons. The summed E-state index contributed by atoms with van der Waals surface area (Å²) in [7, 11) is 0. The molecule has 0 aromatic heterocycles. The van der Waals surface area contributed by atoms with Gasteiger partial charge in [-0.05, 0) is 25.7 Å². The molecule has 0 aliphatic carbocycles. The zero-order valence-electron chi connectivity index (χ0n) is 15.1. The molecule has 0 saturated carbocycles. The van der Waals surface area contributed by atoms with Crippen LogP contribution in [0.2, 0.25) is 0 Å². The highest BCUT2D eigenvalue weighted by Crippen LogP contribution is 2.16. The van der Waals surface area contributed by atoms with Gasteiger partial charge in [0.2, 0.25) is 0 Å². The molecule has 0 aliphatic heterocycles. The summed E-state index contributed by atoms with van der Waals surface area (Å²) >= 11 is 0. The van der Waals surface area contributed by atoms with Crippen LogP contribution < -0.4 is 0 Å². The second-order valence-corrected chi connectivity index (χ2v) is 6.85. The van der Waals surface area contributed by atoms with Crippen molar-refractivity contribution in [3.8, 4) is 0 Å². The highest BCUT2D eigenvalue weighted by Gasteiger charge is 2.05. The first-order valence-corrected chi connectivity index (χ1v) is 10.1. The van der Waals surface area contributed by atoms with Gasteiger partial charge in [-0.15, -0.1) is 0 Å². The molecule has 1 N–H and O–H groups in total. The van der Waals surface area contributed by atoms with Crippen LogP contribution in [0.4, 0.5) is 4.39 Å². The van der Waals surface area contributed by atoms with E-state index in [1.165, 1.54) is 77.0 Å². The first-order valence-electron chi connectivity index (χ1n) is 10.1. The SMILES string of the molecule is CCCCCCCCCCCCCCC[C@@H](F)CCCCO. The second-order valence-electron chi connectivity index (χ2n) is 6.85. The van der Waals surface area contributed by atoms with Crippen LogP contribution in [0.15, 0.2) is 0 Å². The third-order valence-corrected chi connectivity index (χ3v) is 4.55. The molecule has 2 heteroatoms. The predicted molar refractivity (Wildman–Crippen MR) is 96.1 cm³/mol.